The summed E-state index contributed by atoms with van der Waals surface area (Å²) in [4.78, 5) is 170. The summed E-state index contributed by atoms with van der Waals surface area (Å²) in [5.41, 5.74) is 0. The number of nitrogens with zero attached hydrogens (tertiary/aromatic N) is 7. The van der Waals surface area contributed by atoms with Gasteiger partial charge in [-0.15, -0.1) is 0 Å². The summed E-state index contributed by atoms with van der Waals surface area (Å²) in [5, 5.41) is 23.2. The lowest BCUT2D eigenvalue weighted by Crippen LogP contribution is -2.64. The molecule has 0 saturated carbocycles. The number of aliphatic hydroxyl groups excluding tert-OH is 1. The number of allylic oxidation sites excluding steroid dienone is 2. The Morgan fingerprint density at radius 3 is 1.21 bits per heavy atom. The van der Waals surface area contributed by atoms with Gasteiger partial charge in [-0.1, -0.05) is 116 Å². The van der Waals surface area contributed by atoms with E-state index in [9.17, 15) is 48.3 Å². The largest absolute Gasteiger partial charge is 0.390 e. The molecule has 23 nitrogen and oxygen atoms in total. The second-order valence-electron chi connectivity index (χ2n) is 26.7. The minimum atomic E-state index is -1.62. The molecule has 1 aliphatic rings. The van der Waals surface area contributed by atoms with Gasteiger partial charge in [-0.3, -0.25) is 52.7 Å². The van der Waals surface area contributed by atoms with Crippen LogP contribution in [-0.2, 0) is 52.7 Å². The van der Waals surface area contributed by atoms with Crippen molar-refractivity contribution in [3.8, 4) is 0 Å². The third-order valence-corrected chi connectivity index (χ3v) is 16.8. The fourth-order valence-corrected chi connectivity index (χ4v) is 11.3. The second-order valence-corrected chi connectivity index (χ2v) is 26.7. The number of rotatable bonds is 16. The van der Waals surface area contributed by atoms with Crippen molar-refractivity contribution in [2.45, 2.75) is 242 Å². The van der Waals surface area contributed by atoms with E-state index in [1.165, 1.54) is 92.6 Å². The highest BCUT2D eigenvalue weighted by Gasteiger charge is 2.46. The molecule has 0 bridgehead atoms. The highest BCUT2D eigenvalue weighted by molar-refractivity contribution is 6.00. The van der Waals surface area contributed by atoms with E-state index in [2.05, 4.69) is 21.3 Å². The van der Waals surface area contributed by atoms with Crippen molar-refractivity contribution in [1.82, 2.24) is 55.6 Å². The Hall–Kier alpha value is -6.13. The molecule has 0 aliphatic carbocycles. The maximum Gasteiger partial charge on any atom is 0.246 e. The van der Waals surface area contributed by atoms with Crippen LogP contribution in [-0.4, -0.2) is 226 Å². The first kappa shape index (κ1) is 78.9. The summed E-state index contributed by atoms with van der Waals surface area (Å²) < 4.78 is 0. The fourth-order valence-electron chi connectivity index (χ4n) is 11.3. The summed E-state index contributed by atoms with van der Waals surface area (Å²) in [6.45, 7) is 31.7. The van der Waals surface area contributed by atoms with Crippen molar-refractivity contribution < 1.29 is 57.8 Å². The van der Waals surface area contributed by atoms with Crippen molar-refractivity contribution in [2.75, 3.05) is 49.3 Å². The summed E-state index contributed by atoms with van der Waals surface area (Å²) in [7, 11) is 10.0. The van der Waals surface area contributed by atoms with Gasteiger partial charge in [0, 0.05) is 49.3 Å². The topological polar surface area (TPSA) is 279 Å². The Bertz CT molecular complexity index is 2380. The molecule has 498 valence electrons. The van der Waals surface area contributed by atoms with Crippen LogP contribution in [0.5, 0.6) is 0 Å². The first-order valence-corrected chi connectivity index (χ1v) is 31.6. The van der Waals surface area contributed by atoms with Gasteiger partial charge in [-0.25, -0.2) is 0 Å². The van der Waals surface area contributed by atoms with Crippen molar-refractivity contribution in [3.05, 3.63) is 12.2 Å². The number of likely N-dealkylation sites (N-methyl/N-ethyl adjacent to an activating group) is 7. The number of carbonyl (C=O) groups excluding carboxylic acids is 11. The van der Waals surface area contributed by atoms with Gasteiger partial charge >= 0.3 is 0 Å². The summed E-state index contributed by atoms with van der Waals surface area (Å²) in [6, 6.07) is -13.5. The van der Waals surface area contributed by atoms with E-state index >= 15 is 9.59 Å². The molecule has 0 radical (unpaired) electrons. The van der Waals surface area contributed by atoms with Crippen molar-refractivity contribution in [2.24, 2.45) is 41.4 Å². The average Bonchev–Trinajstić information content (AvgIpc) is 1.23. The molecule has 0 aromatic carbocycles. The molecule has 1 aliphatic heterocycles. The number of carbonyl (C=O) groups is 11. The monoisotopic (exact) mass is 1230 g/mol. The lowest BCUT2D eigenvalue weighted by Gasteiger charge is -2.41. The molecule has 0 spiro atoms. The van der Waals surface area contributed by atoms with E-state index in [0.29, 0.717) is 6.42 Å². The lowest BCUT2D eigenvalue weighted by atomic mass is 9.91. The zero-order valence-electron chi connectivity index (χ0n) is 57.6. The van der Waals surface area contributed by atoms with Gasteiger partial charge in [-0.2, -0.15) is 0 Å². The highest BCUT2D eigenvalue weighted by atomic mass is 16.3. The fraction of sp³-hybridized carbons (Fsp3) is 0.797. The number of hydrogen-bond donors (Lipinski definition) is 5. The Morgan fingerprint density at radius 1 is 0.402 bits per heavy atom. The molecule has 5 N–H and O–H groups in total. The van der Waals surface area contributed by atoms with Gasteiger partial charge in [0.1, 0.15) is 66.5 Å². The van der Waals surface area contributed by atoms with Crippen molar-refractivity contribution in [1.29, 1.82) is 0 Å². The molecule has 0 aromatic rings. The number of amides is 11. The number of hydrogen-bond acceptors (Lipinski definition) is 12. The van der Waals surface area contributed by atoms with Crippen LogP contribution in [0.1, 0.15) is 170 Å². The maximum absolute atomic E-state index is 15.2. The van der Waals surface area contributed by atoms with E-state index in [1.807, 2.05) is 61.5 Å². The van der Waals surface area contributed by atoms with Gasteiger partial charge in [0.05, 0.1) is 6.10 Å². The van der Waals surface area contributed by atoms with Gasteiger partial charge in [0.15, 0.2) is 0 Å². The quantitative estimate of drug-likeness (QED) is 0.137. The van der Waals surface area contributed by atoms with Crippen LogP contribution in [0.25, 0.3) is 0 Å². The lowest BCUT2D eigenvalue weighted by molar-refractivity contribution is -0.157. The first-order chi connectivity index (χ1) is 40.2. The van der Waals surface area contributed by atoms with E-state index in [4.69, 9.17) is 0 Å². The normalized spacial score (nSPS) is 27.4. The maximum atomic E-state index is 15.2. The van der Waals surface area contributed by atoms with Crippen molar-refractivity contribution in [3.63, 3.8) is 0 Å². The zero-order valence-corrected chi connectivity index (χ0v) is 57.6. The smallest absolute Gasteiger partial charge is 0.246 e. The van der Waals surface area contributed by atoms with Crippen LogP contribution in [0.4, 0.5) is 0 Å². The molecular weight excluding hydrogens is 1110 g/mol. The van der Waals surface area contributed by atoms with Crippen LogP contribution in [0, 0.1) is 41.4 Å². The van der Waals surface area contributed by atoms with E-state index < -0.39 is 155 Å². The van der Waals surface area contributed by atoms with E-state index in [-0.39, 0.29) is 62.2 Å². The molecule has 1 heterocycles. The van der Waals surface area contributed by atoms with Gasteiger partial charge in [0.25, 0.3) is 0 Å². The van der Waals surface area contributed by atoms with E-state index in [0.717, 1.165) is 4.90 Å². The third kappa shape index (κ3) is 21.6. The average molecular weight is 1230 g/mol. The summed E-state index contributed by atoms with van der Waals surface area (Å²) in [6.07, 6.45) is 3.12. The Balaban J connectivity index is 4.41. The molecule has 87 heavy (non-hydrogen) atoms. The molecular formula is C64H115N11O12. The SMILES string of the molecule is C/C=C/C[C@@H](C)[C@H](O)[C@@H]1C(=O)N[C@H](CC)C(=O)N(C)[C@H](CC)C(=O)N(C)[C@@H](CC(C)C)C(=O)N[C@H](C(C)C)C(=O)N(C)[C@H](CC(C)C)C(=O)N[C@H](C)C(=O)N[C@@H](C)C(=O)N(C)[C@H](CC(C)C)C(=O)N(C)[C@H](CC(C)C)C(=O)N(C)[C@H](C(C)C)C(=O)N1C. The molecule has 23 heteroatoms. The van der Waals surface area contributed by atoms with Crippen molar-refractivity contribution >= 4 is 65.0 Å². The number of aliphatic hydroxyl groups is 1. The highest BCUT2D eigenvalue weighted by Crippen LogP contribution is 2.26. The molecule has 0 unspecified atom stereocenters. The minimum Gasteiger partial charge on any atom is -0.390 e. The molecule has 1 rings (SSSR count). The van der Waals surface area contributed by atoms with Crippen LogP contribution in [0.15, 0.2) is 12.2 Å². The minimum absolute atomic E-state index is 0.0193. The molecule has 0 aromatic heterocycles. The van der Waals surface area contributed by atoms with Gasteiger partial charge < -0.3 is 60.7 Å². The van der Waals surface area contributed by atoms with Gasteiger partial charge in [0.2, 0.25) is 65.0 Å². The Kier molecular flexibility index (Phi) is 32.4. The van der Waals surface area contributed by atoms with Gasteiger partial charge in [-0.05, 0) is 107 Å². The molecule has 1 saturated heterocycles. The third-order valence-electron chi connectivity index (χ3n) is 16.8. The predicted molar refractivity (Wildman–Crippen MR) is 338 cm³/mol. The molecule has 13 atom stereocenters. The van der Waals surface area contributed by atoms with Crippen LogP contribution in [0.3, 0.4) is 0 Å². The Labute approximate surface area is 521 Å². The van der Waals surface area contributed by atoms with E-state index in [1.54, 1.807) is 61.5 Å². The van der Waals surface area contributed by atoms with Crippen LogP contribution in [0.2, 0.25) is 0 Å². The first-order valence-electron chi connectivity index (χ1n) is 31.6. The Morgan fingerprint density at radius 2 is 0.782 bits per heavy atom. The predicted octanol–water partition coefficient (Wildman–Crippen LogP) is 4.05. The molecule has 11 amide bonds. The number of nitrogens with one attached hydrogen (secondary N) is 4. The van der Waals surface area contributed by atoms with Crippen LogP contribution >= 0.6 is 0 Å². The summed E-state index contributed by atoms with van der Waals surface area (Å²) in [5.74, 6) is -9.67. The standard InChI is InChI=1S/C64H115N11O12/c1-26-29-30-41(16)53(76)52-57(80)67-44(27-2)59(82)69(19)45(28-3)60(83)70(20)47(32-36(6)7)56(79)68-50(39(12)13)63(86)71(21)46(31-35(4)5)55(78)65-42(17)54(77)66-43(18)58(81)72(22)48(33-37(8)9)61(84)73(23)49(34-38(10)11)62(85)74(24)51(40(14)15)64(87)75(52)25/h26,29,35-53,76H,27-28,30-34H2,1-25H3,(H,65,78)(H,66,77)(H,67,80)(H,68,79)/b29-26+/t41-,42-,43+,44-,45-,46-,47+,48-,49-,50-,51-,52-,53+/m1/s1. The summed E-state index contributed by atoms with van der Waals surface area (Å²) >= 11 is 0. The zero-order chi connectivity index (χ0) is 67.6. The molecule has 1 fully saturated rings. The van der Waals surface area contributed by atoms with Crippen LogP contribution < -0.4 is 21.3 Å². The second kappa shape index (κ2) is 35.8.